The highest BCUT2D eigenvalue weighted by atomic mass is 35.5. The summed E-state index contributed by atoms with van der Waals surface area (Å²) in [7, 11) is -3.70. The normalized spacial score (nSPS) is 20.4. The molecule has 0 atom stereocenters. The molecule has 1 aliphatic heterocycles. The lowest BCUT2D eigenvalue weighted by molar-refractivity contribution is -0.0640. The number of rotatable bonds is 2. The van der Waals surface area contributed by atoms with Crippen molar-refractivity contribution in [3.63, 3.8) is 0 Å². The molecule has 1 fully saturated rings. The number of nitrogens with zero attached hydrogens (tertiary/aromatic N) is 1. The minimum atomic E-state index is -3.70. The second kappa shape index (κ2) is 4.94. The van der Waals surface area contributed by atoms with Crippen LogP contribution < -0.4 is 5.73 Å². The first kappa shape index (κ1) is 14.6. The van der Waals surface area contributed by atoms with E-state index < -0.39 is 15.6 Å². The van der Waals surface area contributed by atoms with E-state index in [9.17, 15) is 8.42 Å². The van der Waals surface area contributed by atoms with E-state index in [-0.39, 0.29) is 22.2 Å². The molecule has 1 aromatic rings. The van der Waals surface area contributed by atoms with Gasteiger partial charge in [0.25, 0.3) is 0 Å². The minimum Gasteiger partial charge on any atom is -0.398 e. The molecular weight excluding hydrogens is 288 g/mol. The van der Waals surface area contributed by atoms with Crippen LogP contribution in [0, 0.1) is 0 Å². The number of halogens is 1. The van der Waals surface area contributed by atoms with Crippen LogP contribution in [-0.2, 0) is 14.8 Å². The van der Waals surface area contributed by atoms with Gasteiger partial charge in [0.15, 0.2) is 0 Å². The quantitative estimate of drug-likeness (QED) is 0.844. The van der Waals surface area contributed by atoms with Crippen LogP contribution in [0.5, 0.6) is 0 Å². The number of nitrogens with two attached hydrogens (primary N) is 1. The van der Waals surface area contributed by atoms with Crippen molar-refractivity contribution in [2.75, 3.05) is 25.4 Å². The SMILES string of the molecule is CC1(C)CN(S(=O)(=O)c2c(N)cccc2Cl)CCO1. The van der Waals surface area contributed by atoms with Crippen molar-refractivity contribution < 1.29 is 13.2 Å². The third-order valence-electron chi connectivity index (χ3n) is 2.99. The van der Waals surface area contributed by atoms with E-state index in [2.05, 4.69) is 0 Å². The number of benzene rings is 1. The van der Waals surface area contributed by atoms with Gasteiger partial charge in [0.1, 0.15) is 4.90 Å². The van der Waals surface area contributed by atoms with E-state index in [0.717, 1.165) is 0 Å². The summed E-state index contributed by atoms with van der Waals surface area (Å²) >= 11 is 5.99. The zero-order valence-electron chi connectivity index (χ0n) is 10.9. The van der Waals surface area contributed by atoms with Crippen LogP contribution in [0.25, 0.3) is 0 Å². The summed E-state index contributed by atoms with van der Waals surface area (Å²) in [4.78, 5) is -0.0191. The lowest BCUT2D eigenvalue weighted by Gasteiger charge is -2.37. The molecule has 2 N–H and O–H groups in total. The fourth-order valence-corrected chi connectivity index (χ4v) is 4.31. The first-order valence-electron chi connectivity index (χ1n) is 5.92. The lowest BCUT2D eigenvalue weighted by atomic mass is 10.1. The molecular formula is C12H17ClN2O3S. The summed E-state index contributed by atoms with van der Waals surface area (Å²) in [6.45, 7) is 4.64. The number of morpholine rings is 1. The molecule has 2 rings (SSSR count). The largest absolute Gasteiger partial charge is 0.398 e. The Bertz CT molecular complexity index is 566. The number of nitrogen functional groups attached to an aromatic ring is 1. The number of hydrogen-bond acceptors (Lipinski definition) is 4. The predicted molar refractivity (Wildman–Crippen MR) is 74.7 cm³/mol. The van der Waals surface area contributed by atoms with Crippen molar-refractivity contribution in [1.82, 2.24) is 4.31 Å². The molecule has 0 spiro atoms. The monoisotopic (exact) mass is 304 g/mol. The molecule has 1 saturated heterocycles. The van der Waals surface area contributed by atoms with Gasteiger partial charge in [-0.25, -0.2) is 8.42 Å². The van der Waals surface area contributed by atoms with Crippen LogP contribution in [0.3, 0.4) is 0 Å². The summed E-state index contributed by atoms with van der Waals surface area (Å²) < 4.78 is 32.1. The highest BCUT2D eigenvalue weighted by Crippen LogP contribution is 2.31. The molecule has 0 radical (unpaired) electrons. The number of ether oxygens (including phenoxy) is 1. The second-order valence-corrected chi connectivity index (χ2v) is 7.39. The molecule has 0 aliphatic carbocycles. The molecule has 0 saturated carbocycles. The molecule has 0 unspecified atom stereocenters. The summed E-state index contributed by atoms with van der Waals surface area (Å²) in [5, 5.41) is 0.143. The van der Waals surface area contributed by atoms with Gasteiger partial charge >= 0.3 is 0 Å². The molecule has 19 heavy (non-hydrogen) atoms. The molecule has 1 aliphatic rings. The maximum absolute atomic E-state index is 12.6. The average molecular weight is 305 g/mol. The van der Waals surface area contributed by atoms with E-state index in [1.54, 1.807) is 6.07 Å². The van der Waals surface area contributed by atoms with Gasteiger partial charge < -0.3 is 10.5 Å². The van der Waals surface area contributed by atoms with Crippen LogP contribution in [-0.4, -0.2) is 38.0 Å². The standard InChI is InChI=1S/C12H17ClN2O3S/c1-12(2)8-15(6-7-18-12)19(16,17)11-9(13)4-3-5-10(11)14/h3-5H,6-8,14H2,1-2H3. The fourth-order valence-electron chi connectivity index (χ4n) is 2.11. The smallest absolute Gasteiger partial charge is 0.246 e. The molecule has 5 nitrogen and oxygen atoms in total. The molecule has 0 bridgehead atoms. The number of hydrogen-bond donors (Lipinski definition) is 1. The van der Waals surface area contributed by atoms with Gasteiger partial charge in [-0.05, 0) is 26.0 Å². The Morgan fingerprint density at radius 2 is 2.11 bits per heavy atom. The Labute approximate surface area is 118 Å². The van der Waals surface area contributed by atoms with Gasteiger partial charge in [-0.3, -0.25) is 0 Å². The molecule has 0 amide bonds. The molecule has 0 aromatic heterocycles. The minimum absolute atomic E-state index is 0.0191. The highest BCUT2D eigenvalue weighted by molar-refractivity contribution is 7.89. The van der Waals surface area contributed by atoms with E-state index in [1.165, 1.54) is 16.4 Å². The Hall–Kier alpha value is -0.820. The van der Waals surface area contributed by atoms with Crippen molar-refractivity contribution in [2.24, 2.45) is 0 Å². The average Bonchev–Trinajstić information content (AvgIpc) is 2.27. The van der Waals surface area contributed by atoms with Gasteiger partial charge in [-0.1, -0.05) is 17.7 Å². The third-order valence-corrected chi connectivity index (χ3v) is 5.38. The van der Waals surface area contributed by atoms with E-state index in [1.807, 2.05) is 13.8 Å². The Morgan fingerprint density at radius 1 is 1.42 bits per heavy atom. The maximum Gasteiger partial charge on any atom is 0.246 e. The van der Waals surface area contributed by atoms with Crippen LogP contribution in [0.15, 0.2) is 23.1 Å². The highest BCUT2D eigenvalue weighted by Gasteiger charge is 2.36. The topological polar surface area (TPSA) is 72.6 Å². The van der Waals surface area contributed by atoms with Crippen molar-refractivity contribution in [2.45, 2.75) is 24.3 Å². The maximum atomic E-state index is 12.6. The van der Waals surface area contributed by atoms with E-state index in [4.69, 9.17) is 22.1 Å². The molecule has 7 heteroatoms. The van der Waals surface area contributed by atoms with Crippen LogP contribution >= 0.6 is 11.6 Å². The molecule has 106 valence electrons. The van der Waals surface area contributed by atoms with E-state index in [0.29, 0.717) is 13.2 Å². The first-order chi connectivity index (χ1) is 8.74. The summed E-state index contributed by atoms with van der Waals surface area (Å²) in [5.74, 6) is 0. The van der Waals surface area contributed by atoms with E-state index >= 15 is 0 Å². The van der Waals surface area contributed by atoms with Gasteiger partial charge in [0.05, 0.1) is 22.9 Å². The van der Waals surface area contributed by atoms with Gasteiger partial charge in [-0.15, -0.1) is 0 Å². The number of sulfonamides is 1. The van der Waals surface area contributed by atoms with Crippen molar-refractivity contribution >= 4 is 27.3 Å². The van der Waals surface area contributed by atoms with Crippen LogP contribution in [0.1, 0.15) is 13.8 Å². The molecule has 1 aromatic carbocycles. The second-order valence-electron chi connectivity index (χ2n) is 5.10. The first-order valence-corrected chi connectivity index (χ1v) is 7.74. The Balaban J connectivity index is 2.43. The zero-order valence-corrected chi connectivity index (χ0v) is 12.5. The Kier molecular flexibility index (Phi) is 3.79. The predicted octanol–water partition coefficient (Wildman–Crippen LogP) is 1.72. The lowest BCUT2D eigenvalue weighted by Crippen LogP contribution is -2.50. The van der Waals surface area contributed by atoms with Crippen molar-refractivity contribution in [1.29, 1.82) is 0 Å². The fraction of sp³-hybridized carbons (Fsp3) is 0.500. The van der Waals surface area contributed by atoms with Crippen LogP contribution in [0.2, 0.25) is 5.02 Å². The summed E-state index contributed by atoms with van der Waals surface area (Å²) in [6.07, 6.45) is 0. The summed E-state index contributed by atoms with van der Waals surface area (Å²) in [5.41, 5.74) is 5.41. The molecule has 1 heterocycles. The number of anilines is 1. The Morgan fingerprint density at radius 3 is 2.68 bits per heavy atom. The van der Waals surface area contributed by atoms with Crippen LogP contribution in [0.4, 0.5) is 5.69 Å². The summed E-state index contributed by atoms with van der Waals surface area (Å²) in [6, 6.07) is 4.68. The van der Waals surface area contributed by atoms with Crippen molar-refractivity contribution in [3.05, 3.63) is 23.2 Å². The third kappa shape index (κ3) is 2.86. The van der Waals surface area contributed by atoms with Crippen molar-refractivity contribution in [3.8, 4) is 0 Å². The van der Waals surface area contributed by atoms with Gasteiger partial charge in [-0.2, -0.15) is 4.31 Å². The van der Waals surface area contributed by atoms with Gasteiger partial charge in [0, 0.05) is 13.1 Å². The zero-order chi connectivity index (χ0) is 14.3. The van der Waals surface area contributed by atoms with Gasteiger partial charge in [0.2, 0.25) is 10.0 Å².